The fraction of sp³-hybridized carbons (Fsp3) is 0.250. The van der Waals surface area contributed by atoms with Crippen molar-refractivity contribution >= 4 is 34.8 Å². The fourth-order valence-corrected chi connectivity index (χ4v) is 2.76. The summed E-state index contributed by atoms with van der Waals surface area (Å²) in [5.41, 5.74) is 3.27. The largest absolute Gasteiger partial charge is 0.306 e. The average Bonchev–Trinajstić information content (AvgIpc) is 2.40. The van der Waals surface area contributed by atoms with Crippen LogP contribution in [0.25, 0.3) is 0 Å². The molecule has 4 heteroatoms. The zero-order valence-electron chi connectivity index (χ0n) is 11.4. The number of aryl methyl sites for hydroxylation is 1. The lowest BCUT2D eigenvalue weighted by Crippen LogP contribution is -2.18. The molecule has 0 aromatic heterocycles. The van der Waals surface area contributed by atoms with E-state index in [2.05, 4.69) is 18.3 Å². The van der Waals surface area contributed by atoms with Gasteiger partial charge in [-0.1, -0.05) is 53.0 Å². The zero-order chi connectivity index (χ0) is 14.7. The molecule has 0 bridgehead atoms. The Hall–Kier alpha value is -0.730. The van der Waals surface area contributed by atoms with E-state index in [4.69, 9.17) is 34.8 Å². The standard InChI is InChI=1S/C16H16Cl3N/c1-10-3-4-12(7-15(10)18)9-20-11(2)14-6-5-13(17)8-16(14)19/h3-8,11,20H,9H2,1-2H3. The van der Waals surface area contributed by atoms with Gasteiger partial charge in [0.25, 0.3) is 0 Å². The van der Waals surface area contributed by atoms with E-state index in [1.807, 2.05) is 31.2 Å². The third-order valence-electron chi connectivity index (χ3n) is 3.28. The second-order valence-corrected chi connectivity index (χ2v) is 6.10. The first-order valence-corrected chi connectivity index (χ1v) is 7.54. The predicted molar refractivity (Wildman–Crippen MR) is 87.9 cm³/mol. The van der Waals surface area contributed by atoms with Gasteiger partial charge in [-0.15, -0.1) is 0 Å². The van der Waals surface area contributed by atoms with Crippen LogP contribution in [0.4, 0.5) is 0 Å². The molecule has 0 aliphatic heterocycles. The Morgan fingerprint density at radius 3 is 2.40 bits per heavy atom. The molecule has 0 radical (unpaired) electrons. The highest BCUT2D eigenvalue weighted by molar-refractivity contribution is 6.35. The van der Waals surface area contributed by atoms with Crippen LogP contribution in [0.3, 0.4) is 0 Å². The van der Waals surface area contributed by atoms with Gasteiger partial charge in [0, 0.05) is 27.7 Å². The van der Waals surface area contributed by atoms with Crippen LogP contribution in [0.5, 0.6) is 0 Å². The van der Waals surface area contributed by atoms with E-state index in [1.54, 1.807) is 6.07 Å². The zero-order valence-corrected chi connectivity index (χ0v) is 13.7. The second kappa shape index (κ2) is 6.82. The Morgan fingerprint density at radius 1 is 1.00 bits per heavy atom. The Kier molecular flexibility index (Phi) is 5.34. The number of benzene rings is 2. The molecule has 1 unspecified atom stereocenters. The molecular weight excluding hydrogens is 313 g/mol. The van der Waals surface area contributed by atoms with Gasteiger partial charge in [0.05, 0.1) is 0 Å². The van der Waals surface area contributed by atoms with E-state index in [0.29, 0.717) is 10.0 Å². The first-order chi connectivity index (χ1) is 9.47. The molecule has 0 aliphatic carbocycles. The van der Waals surface area contributed by atoms with Crippen LogP contribution in [0.1, 0.15) is 29.7 Å². The van der Waals surface area contributed by atoms with Gasteiger partial charge in [-0.3, -0.25) is 0 Å². The highest BCUT2D eigenvalue weighted by atomic mass is 35.5. The van der Waals surface area contributed by atoms with E-state index in [-0.39, 0.29) is 6.04 Å². The quantitative estimate of drug-likeness (QED) is 0.747. The molecule has 0 saturated heterocycles. The van der Waals surface area contributed by atoms with Crippen molar-refractivity contribution in [3.05, 3.63) is 68.2 Å². The van der Waals surface area contributed by atoms with Crippen molar-refractivity contribution in [3.63, 3.8) is 0 Å². The molecule has 0 aliphatic rings. The van der Waals surface area contributed by atoms with Crippen molar-refractivity contribution in [2.75, 3.05) is 0 Å². The molecule has 2 rings (SSSR count). The maximum atomic E-state index is 6.21. The van der Waals surface area contributed by atoms with Crippen molar-refractivity contribution in [3.8, 4) is 0 Å². The van der Waals surface area contributed by atoms with Crippen molar-refractivity contribution in [2.24, 2.45) is 0 Å². The lowest BCUT2D eigenvalue weighted by molar-refractivity contribution is 0.575. The van der Waals surface area contributed by atoms with E-state index in [0.717, 1.165) is 28.3 Å². The third-order valence-corrected chi connectivity index (χ3v) is 4.25. The Bertz CT molecular complexity index is 611. The summed E-state index contributed by atoms with van der Waals surface area (Å²) in [6.45, 7) is 4.81. The molecule has 2 aromatic carbocycles. The molecule has 0 heterocycles. The van der Waals surface area contributed by atoms with Crippen LogP contribution < -0.4 is 5.32 Å². The van der Waals surface area contributed by atoms with Gasteiger partial charge >= 0.3 is 0 Å². The summed E-state index contributed by atoms with van der Waals surface area (Å²) in [6.07, 6.45) is 0. The highest BCUT2D eigenvalue weighted by Crippen LogP contribution is 2.26. The van der Waals surface area contributed by atoms with Crippen LogP contribution in [0.15, 0.2) is 36.4 Å². The van der Waals surface area contributed by atoms with Crippen LogP contribution in [-0.4, -0.2) is 0 Å². The molecular formula is C16H16Cl3N. The van der Waals surface area contributed by atoms with Crippen molar-refractivity contribution < 1.29 is 0 Å². The van der Waals surface area contributed by atoms with Crippen LogP contribution in [0, 0.1) is 6.92 Å². The second-order valence-electron chi connectivity index (χ2n) is 4.85. The highest BCUT2D eigenvalue weighted by Gasteiger charge is 2.09. The van der Waals surface area contributed by atoms with Gasteiger partial charge in [0.2, 0.25) is 0 Å². The molecule has 0 fully saturated rings. The normalized spacial score (nSPS) is 12.4. The average molecular weight is 329 g/mol. The van der Waals surface area contributed by atoms with Crippen LogP contribution in [0.2, 0.25) is 15.1 Å². The third kappa shape index (κ3) is 3.89. The van der Waals surface area contributed by atoms with E-state index >= 15 is 0 Å². The predicted octanol–water partition coefficient (Wildman–Crippen LogP) is 5.81. The molecule has 0 amide bonds. The number of halogens is 3. The van der Waals surface area contributed by atoms with Crippen molar-refractivity contribution in [1.82, 2.24) is 5.32 Å². The summed E-state index contributed by atoms with van der Waals surface area (Å²) in [5, 5.41) is 5.56. The lowest BCUT2D eigenvalue weighted by atomic mass is 10.1. The lowest BCUT2D eigenvalue weighted by Gasteiger charge is -2.16. The minimum Gasteiger partial charge on any atom is -0.306 e. The number of nitrogens with one attached hydrogen (secondary N) is 1. The molecule has 0 saturated carbocycles. The van der Waals surface area contributed by atoms with E-state index < -0.39 is 0 Å². The van der Waals surface area contributed by atoms with Gasteiger partial charge < -0.3 is 5.32 Å². The van der Waals surface area contributed by atoms with Crippen LogP contribution in [-0.2, 0) is 6.54 Å². The van der Waals surface area contributed by atoms with Crippen molar-refractivity contribution in [2.45, 2.75) is 26.4 Å². The monoisotopic (exact) mass is 327 g/mol. The van der Waals surface area contributed by atoms with Gasteiger partial charge in [0.15, 0.2) is 0 Å². The summed E-state index contributed by atoms with van der Waals surface area (Å²) >= 11 is 18.2. The van der Waals surface area contributed by atoms with E-state index in [1.165, 1.54) is 0 Å². The summed E-state index contributed by atoms with van der Waals surface area (Å²) in [4.78, 5) is 0. The summed E-state index contributed by atoms with van der Waals surface area (Å²) < 4.78 is 0. The van der Waals surface area contributed by atoms with Gasteiger partial charge in [0.1, 0.15) is 0 Å². The number of hydrogen-bond acceptors (Lipinski definition) is 1. The van der Waals surface area contributed by atoms with Gasteiger partial charge in [-0.25, -0.2) is 0 Å². The molecule has 1 nitrogen and oxygen atoms in total. The Labute approximate surface area is 134 Å². The topological polar surface area (TPSA) is 12.0 Å². The maximum Gasteiger partial charge on any atom is 0.0468 e. The smallest absolute Gasteiger partial charge is 0.0468 e. The minimum absolute atomic E-state index is 0.139. The summed E-state index contributed by atoms with van der Waals surface area (Å²) in [7, 11) is 0. The molecule has 106 valence electrons. The minimum atomic E-state index is 0.139. The SMILES string of the molecule is Cc1ccc(CNC(C)c2ccc(Cl)cc2Cl)cc1Cl. The maximum absolute atomic E-state index is 6.21. The Morgan fingerprint density at radius 2 is 1.75 bits per heavy atom. The van der Waals surface area contributed by atoms with Gasteiger partial charge in [-0.2, -0.15) is 0 Å². The summed E-state index contributed by atoms with van der Waals surface area (Å²) in [6, 6.07) is 11.8. The molecule has 20 heavy (non-hydrogen) atoms. The Balaban J connectivity index is 2.04. The molecule has 0 spiro atoms. The molecule has 2 aromatic rings. The van der Waals surface area contributed by atoms with Gasteiger partial charge in [-0.05, 0) is 48.7 Å². The first kappa shape index (κ1) is 15.7. The number of rotatable bonds is 4. The van der Waals surface area contributed by atoms with E-state index in [9.17, 15) is 0 Å². The fourth-order valence-electron chi connectivity index (χ4n) is 1.98. The van der Waals surface area contributed by atoms with Crippen molar-refractivity contribution in [1.29, 1.82) is 0 Å². The summed E-state index contributed by atoms with van der Waals surface area (Å²) in [5.74, 6) is 0. The number of hydrogen-bond donors (Lipinski definition) is 1. The molecule has 1 N–H and O–H groups in total. The first-order valence-electron chi connectivity index (χ1n) is 6.40. The van der Waals surface area contributed by atoms with Crippen LogP contribution >= 0.6 is 34.8 Å². The molecule has 1 atom stereocenters.